The number of aromatic nitrogens is 2. The van der Waals surface area contributed by atoms with E-state index in [9.17, 15) is 18.5 Å². The summed E-state index contributed by atoms with van der Waals surface area (Å²) < 4.78 is 32.9. The monoisotopic (exact) mass is 462 g/mol. The van der Waals surface area contributed by atoms with Crippen LogP contribution in [-0.2, 0) is 14.8 Å². The van der Waals surface area contributed by atoms with Gasteiger partial charge >= 0.3 is 0 Å². The lowest BCUT2D eigenvalue weighted by atomic mass is 10.2. The minimum atomic E-state index is -3.83. The Bertz CT molecular complexity index is 1110. The van der Waals surface area contributed by atoms with Gasteiger partial charge in [-0.05, 0) is 19.9 Å². The van der Waals surface area contributed by atoms with E-state index in [1.165, 1.54) is 16.4 Å². The van der Waals surface area contributed by atoms with Crippen molar-refractivity contribution in [2.75, 3.05) is 62.3 Å². The van der Waals surface area contributed by atoms with Crippen LogP contribution in [0.2, 0.25) is 0 Å². The quantitative estimate of drug-likeness (QED) is 0.478. The molecule has 2 aliphatic heterocycles. The first kappa shape index (κ1) is 22.4. The maximum absolute atomic E-state index is 13.1. The summed E-state index contributed by atoms with van der Waals surface area (Å²) in [6.45, 7) is 7.74. The third-order valence-corrected chi connectivity index (χ3v) is 7.62. The number of aryl methyl sites for hydroxylation is 2. The second kappa shape index (κ2) is 8.96. The zero-order chi connectivity index (χ0) is 22.9. The normalized spacial score (nSPS) is 18.1. The molecule has 2 aliphatic rings. The van der Waals surface area contributed by atoms with Crippen LogP contribution < -0.4 is 9.80 Å². The standard InChI is InChI=1S/C20H26N6O5S/c1-15-3-4-17(13-18(15)26(27)28)32(29,30)25-7-5-23(6-8-25)19-14-20(22-16(2)21-19)24-9-11-31-12-10-24/h3-4,13-14H,5-12H2,1-2H3. The first-order valence-electron chi connectivity index (χ1n) is 10.4. The first-order chi connectivity index (χ1) is 15.3. The van der Waals surface area contributed by atoms with Crippen LogP contribution in [-0.4, -0.2) is 80.1 Å². The Morgan fingerprint density at radius 3 is 2.12 bits per heavy atom. The average Bonchev–Trinajstić information content (AvgIpc) is 2.79. The van der Waals surface area contributed by atoms with E-state index in [0.29, 0.717) is 37.7 Å². The number of benzene rings is 1. The lowest BCUT2D eigenvalue weighted by Crippen LogP contribution is -2.49. The molecular weight excluding hydrogens is 436 g/mol. The molecule has 32 heavy (non-hydrogen) atoms. The number of morpholine rings is 1. The van der Waals surface area contributed by atoms with Crippen LogP contribution in [0.25, 0.3) is 0 Å². The number of nitrogens with zero attached hydrogens (tertiary/aromatic N) is 6. The first-order valence-corrected chi connectivity index (χ1v) is 11.9. The topological polar surface area (TPSA) is 122 Å². The lowest BCUT2D eigenvalue weighted by Gasteiger charge is -2.35. The lowest BCUT2D eigenvalue weighted by molar-refractivity contribution is -0.385. The zero-order valence-corrected chi connectivity index (χ0v) is 18.9. The molecule has 0 spiro atoms. The van der Waals surface area contributed by atoms with Gasteiger partial charge in [-0.2, -0.15) is 4.31 Å². The molecule has 11 nitrogen and oxygen atoms in total. The van der Waals surface area contributed by atoms with E-state index in [4.69, 9.17) is 4.74 Å². The molecule has 2 fully saturated rings. The molecule has 172 valence electrons. The van der Waals surface area contributed by atoms with Crippen molar-refractivity contribution in [3.05, 3.63) is 45.8 Å². The Kier molecular flexibility index (Phi) is 6.26. The third kappa shape index (κ3) is 4.52. The van der Waals surface area contributed by atoms with Gasteiger partial charge in [-0.15, -0.1) is 0 Å². The molecule has 3 heterocycles. The van der Waals surface area contributed by atoms with Gasteiger partial charge in [0.2, 0.25) is 10.0 Å². The molecule has 4 rings (SSSR count). The predicted octanol–water partition coefficient (Wildman–Crippen LogP) is 1.35. The summed E-state index contributed by atoms with van der Waals surface area (Å²) in [4.78, 5) is 23.9. The maximum Gasteiger partial charge on any atom is 0.273 e. The molecule has 0 saturated carbocycles. The van der Waals surface area contributed by atoms with Gasteiger partial charge in [0, 0.05) is 57.0 Å². The molecule has 0 amide bonds. The number of ether oxygens (including phenoxy) is 1. The summed E-state index contributed by atoms with van der Waals surface area (Å²) in [6, 6.07) is 5.97. The van der Waals surface area contributed by atoms with Crippen LogP contribution in [0, 0.1) is 24.0 Å². The van der Waals surface area contributed by atoms with Gasteiger partial charge in [-0.3, -0.25) is 10.1 Å². The van der Waals surface area contributed by atoms with Crippen molar-refractivity contribution in [1.82, 2.24) is 14.3 Å². The van der Waals surface area contributed by atoms with E-state index in [1.807, 2.05) is 17.9 Å². The summed E-state index contributed by atoms with van der Waals surface area (Å²) in [5, 5.41) is 11.2. The highest BCUT2D eigenvalue weighted by molar-refractivity contribution is 7.89. The number of anilines is 2. The van der Waals surface area contributed by atoms with E-state index in [1.54, 1.807) is 6.92 Å². The number of hydrogen-bond donors (Lipinski definition) is 0. The largest absolute Gasteiger partial charge is 0.378 e. The van der Waals surface area contributed by atoms with E-state index >= 15 is 0 Å². The summed E-state index contributed by atoms with van der Waals surface area (Å²) in [5.41, 5.74) is 0.228. The highest BCUT2D eigenvalue weighted by atomic mass is 32.2. The number of nitro benzene ring substituents is 1. The summed E-state index contributed by atoms with van der Waals surface area (Å²) in [7, 11) is -3.83. The van der Waals surface area contributed by atoms with Crippen molar-refractivity contribution < 1.29 is 18.1 Å². The average molecular weight is 463 g/mol. The molecule has 0 bridgehead atoms. The number of rotatable bonds is 5. The Balaban J connectivity index is 1.49. The third-order valence-electron chi connectivity index (χ3n) is 5.72. The van der Waals surface area contributed by atoms with Gasteiger partial charge in [0.05, 0.1) is 23.0 Å². The van der Waals surface area contributed by atoms with Crippen LogP contribution in [0.15, 0.2) is 29.2 Å². The summed E-state index contributed by atoms with van der Waals surface area (Å²) in [5.74, 6) is 2.27. The minimum Gasteiger partial charge on any atom is -0.378 e. The van der Waals surface area contributed by atoms with Crippen molar-refractivity contribution >= 4 is 27.3 Å². The van der Waals surface area contributed by atoms with Crippen molar-refractivity contribution in [3.8, 4) is 0 Å². The Morgan fingerprint density at radius 1 is 0.938 bits per heavy atom. The van der Waals surface area contributed by atoms with Gasteiger partial charge < -0.3 is 14.5 Å². The zero-order valence-electron chi connectivity index (χ0n) is 18.1. The van der Waals surface area contributed by atoms with E-state index in [-0.39, 0.29) is 23.7 Å². The Morgan fingerprint density at radius 2 is 1.53 bits per heavy atom. The molecule has 1 aromatic heterocycles. The van der Waals surface area contributed by atoms with Gasteiger partial charge in [-0.25, -0.2) is 18.4 Å². The molecule has 0 radical (unpaired) electrons. The molecule has 0 aliphatic carbocycles. The van der Waals surface area contributed by atoms with Crippen LogP contribution >= 0.6 is 0 Å². The van der Waals surface area contributed by atoms with Crippen molar-refractivity contribution in [2.45, 2.75) is 18.7 Å². The van der Waals surface area contributed by atoms with Gasteiger partial charge in [-0.1, -0.05) is 6.07 Å². The molecule has 0 N–H and O–H groups in total. The van der Waals surface area contributed by atoms with E-state index < -0.39 is 14.9 Å². The highest BCUT2D eigenvalue weighted by Crippen LogP contribution is 2.26. The second-order valence-corrected chi connectivity index (χ2v) is 9.77. The van der Waals surface area contributed by atoms with Crippen molar-refractivity contribution in [3.63, 3.8) is 0 Å². The Hall–Kier alpha value is -2.83. The van der Waals surface area contributed by atoms with Crippen LogP contribution in [0.1, 0.15) is 11.4 Å². The molecule has 12 heteroatoms. The SMILES string of the molecule is Cc1nc(N2CCOCC2)cc(N2CCN(S(=O)(=O)c3ccc(C)c([N+](=O)[O-])c3)CC2)n1. The van der Waals surface area contributed by atoms with Crippen LogP contribution in [0.3, 0.4) is 0 Å². The number of piperazine rings is 1. The fraction of sp³-hybridized carbons (Fsp3) is 0.500. The van der Waals surface area contributed by atoms with Crippen molar-refractivity contribution in [1.29, 1.82) is 0 Å². The van der Waals surface area contributed by atoms with Crippen LogP contribution in [0.4, 0.5) is 17.3 Å². The van der Waals surface area contributed by atoms with Gasteiger partial charge in [0.15, 0.2) is 0 Å². The fourth-order valence-corrected chi connectivity index (χ4v) is 5.35. The molecule has 0 unspecified atom stereocenters. The van der Waals surface area contributed by atoms with Crippen molar-refractivity contribution in [2.24, 2.45) is 0 Å². The summed E-state index contributed by atoms with van der Waals surface area (Å²) in [6.07, 6.45) is 0. The molecule has 2 saturated heterocycles. The fourth-order valence-electron chi connectivity index (χ4n) is 3.91. The van der Waals surface area contributed by atoms with Gasteiger partial charge in [0.25, 0.3) is 5.69 Å². The predicted molar refractivity (Wildman–Crippen MR) is 119 cm³/mol. The van der Waals surface area contributed by atoms with E-state index in [2.05, 4.69) is 14.9 Å². The smallest absolute Gasteiger partial charge is 0.273 e. The van der Waals surface area contributed by atoms with Gasteiger partial charge in [0.1, 0.15) is 17.5 Å². The second-order valence-electron chi connectivity index (χ2n) is 7.83. The maximum atomic E-state index is 13.1. The molecule has 1 aromatic carbocycles. The summed E-state index contributed by atoms with van der Waals surface area (Å²) >= 11 is 0. The number of hydrogen-bond acceptors (Lipinski definition) is 9. The molecular formula is C20H26N6O5S. The Labute approximate surface area is 186 Å². The molecule has 0 atom stereocenters. The highest BCUT2D eigenvalue weighted by Gasteiger charge is 2.31. The minimum absolute atomic E-state index is 0.0595. The number of nitro groups is 1. The number of sulfonamides is 1. The van der Waals surface area contributed by atoms with E-state index in [0.717, 1.165) is 30.8 Å². The molecule has 2 aromatic rings. The van der Waals surface area contributed by atoms with Crippen LogP contribution in [0.5, 0.6) is 0 Å².